The van der Waals surface area contributed by atoms with E-state index in [1.54, 1.807) is 54.6 Å². The van der Waals surface area contributed by atoms with Crippen LogP contribution in [0.25, 0.3) is 0 Å². The van der Waals surface area contributed by atoms with Gasteiger partial charge in [-0.2, -0.15) is 0 Å². The van der Waals surface area contributed by atoms with Gasteiger partial charge in [-0.3, -0.25) is 19.2 Å². The second-order valence-electron chi connectivity index (χ2n) is 8.60. The molecule has 8 nitrogen and oxygen atoms in total. The van der Waals surface area contributed by atoms with Crippen molar-refractivity contribution in [2.75, 3.05) is 17.2 Å². The molecule has 0 bridgehead atoms. The highest BCUT2D eigenvalue weighted by atomic mass is 16.5. The molecule has 0 aromatic heterocycles. The van der Waals surface area contributed by atoms with Crippen LogP contribution < -0.4 is 15.4 Å². The maximum absolute atomic E-state index is 13.3. The number of nitrogens with one attached hydrogen (secondary N) is 2. The van der Waals surface area contributed by atoms with Gasteiger partial charge < -0.3 is 20.3 Å². The Hall–Kier alpha value is -4.46. The van der Waals surface area contributed by atoms with Crippen LogP contribution in [0, 0.1) is 0 Å². The highest BCUT2D eigenvalue weighted by Crippen LogP contribution is 2.33. The van der Waals surface area contributed by atoms with Gasteiger partial charge in [-0.15, -0.1) is 0 Å². The normalized spacial score (nSPS) is 14.2. The maximum atomic E-state index is 13.3. The minimum Gasteiger partial charge on any atom is -0.482 e. The second kappa shape index (κ2) is 9.42. The molecule has 0 unspecified atom stereocenters. The standard InChI is InChI=1S/C27H23N3O5/c31-15-18-3-8-21(9-4-18)28-26(33)19-5-1-17(2-6-19)14-30(22-10-11-22)27(34)20-7-12-23-24(13-20)35-16-25(32)29-23/h1-9,12-13,15,22H,10-11,14,16H2,(H,28,33)(H,29,32). The van der Waals surface area contributed by atoms with E-state index >= 15 is 0 Å². The summed E-state index contributed by atoms with van der Waals surface area (Å²) in [5, 5.41) is 5.54. The van der Waals surface area contributed by atoms with Crippen molar-refractivity contribution in [2.24, 2.45) is 0 Å². The fourth-order valence-electron chi connectivity index (χ4n) is 3.93. The minimum absolute atomic E-state index is 0.0685. The average Bonchev–Trinajstić information content (AvgIpc) is 3.73. The van der Waals surface area contributed by atoms with E-state index in [-0.39, 0.29) is 30.4 Å². The van der Waals surface area contributed by atoms with Crippen LogP contribution in [0.1, 0.15) is 49.5 Å². The van der Waals surface area contributed by atoms with Crippen LogP contribution in [0.4, 0.5) is 11.4 Å². The summed E-state index contributed by atoms with van der Waals surface area (Å²) >= 11 is 0. The Morgan fingerprint density at radius 3 is 2.40 bits per heavy atom. The van der Waals surface area contributed by atoms with Crippen molar-refractivity contribution in [3.8, 4) is 5.75 Å². The number of amides is 3. The fourth-order valence-corrected chi connectivity index (χ4v) is 3.93. The monoisotopic (exact) mass is 469 g/mol. The molecule has 1 fully saturated rings. The number of carbonyl (C=O) groups excluding carboxylic acids is 4. The zero-order valence-corrected chi connectivity index (χ0v) is 18.8. The molecule has 2 N–H and O–H groups in total. The van der Waals surface area contributed by atoms with Gasteiger partial charge in [0.15, 0.2) is 6.61 Å². The van der Waals surface area contributed by atoms with E-state index in [4.69, 9.17) is 4.74 Å². The molecule has 3 aromatic rings. The lowest BCUT2D eigenvalue weighted by molar-refractivity contribution is -0.118. The predicted octanol–water partition coefficient (Wildman–Crippen LogP) is 3.89. The molecule has 3 aromatic carbocycles. The maximum Gasteiger partial charge on any atom is 0.262 e. The first-order valence-corrected chi connectivity index (χ1v) is 11.3. The molecule has 176 valence electrons. The lowest BCUT2D eigenvalue weighted by atomic mass is 10.1. The van der Waals surface area contributed by atoms with Gasteiger partial charge in [-0.05, 0) is 73.0 Å². The van der Waals surface area contributed by atoms with Gasteiger partial charge in [0, 0.05) is 35.0 Å². The summed E-state index contributed by atoms with van der Waals surface area (Å²) < 4.78 is 5.45. The van der Waals surface area contributed by atoms with Crippen molar-refractivity contribution in [3.63, 3.8) is 0 Å². The number of hydrogen-bond acceptors (Lipinski definition) is 5. The number of hydrogen-bond donors (Lipinski definition) is 2. The topological polar surface area (TPSA) is 105 Å². The van der Waals surface area contributed by atoms with Crippen molar-refractivity contribution in [1.29, 1.82) is 0 Å². The van der Waals surface area contributed by atoms with Gasteiger partial charge in [-0.1, -0.05) is 12.1 Å². The molecular weight excluding hydrogens is 446 g/mol. The average molecular weight is 469 g/mol. The number of nitrogens with zero attached hydrogens (tertiary/aromatic N) is 1. The highest BCUT2D eigenvalue weighted by Gasteiger charge is 2.33. The van der Waals surface area contributed by atoms with Crippen molar-refractivity contribution in [1.82, 2.24) is 4.90 Å². The Kier molecular flexibility index (Phi) is 6.01. The van der Waals surface area contributed by atoms with E-state index in [2.05, 4.69) is 10.6 Å². The van der Waals surface area contributed by atoms with E-state index in [0.29, 0.717) is 40.4 Å². The molecule has 3 amide bonds. The summed E-state index contributed by atoms with van der Waals surface area (Å²) in [6, 6.07) is 19.0. The van der Waals surface area contributed by atoms with E-state index in [9.17, 15) is 19.2 Å². The number of ether oxygens (including phenoxy) is 1. The van der Waals surface area contributed by atoms with Gasteiger partial charge in [0.05, 0.1) is 5.69 Å². The molecule has 1 heterocycles. The van der Waals surface area contributed by atoms with Crippen LogP contribution in [0.3, 0.4) is 0 Å². The molecule has 1 aliphatic heterocycles. The molecule has 5 rings (SSSR count). The van der Waals surface area contributed by atoms with Gasteiger partial charge in [-0.25, -0.2) is 0 Å². The Morgan fingerprint density at radius 1 is 1.00 bits per heavy atom. The van der Waals surface area contributed by atoms with Gasteiger partial charge in [0.25, 0.3) is 17.7 Å². The summed E-state index contributed by atoms with van der Waals surface area (Å²) in [6.07, 6.45) is 2.65. The van der Waals surface area contributed by atoms with Crippen LogP contribution in [-0.4, -0.2) is 41.6 Å². The number of aldehydes is 1. The zero-order chi connectivity index (χ0) is 24.4. The highest BCUT2D eigenvalue weighted by molar-refractivity contribution is 6.04. The van der Waals surface area contributed by atoms with Crippen LogP contribution >= 0.6 is 0 Å². The smallest absolute Gasteiger partial charge is 0.262 e. The Balaban J connectivity index is 1.26. The first-order chi connectivity index (χ1) is 17.0. The number of carbonyl (C=O) groups is 4. The van der Waals surface area contributed by atoms with Crippen LogP contribution in [0.5, 0.6) is 5.75 Å². The summed E-state index contributed by atoms with van der Waals surface area (Å²) in [4.78, 5) is 50.0. The third kappa shape index (κ3) is 5.06. The van der Waals surface area contributed by atoms with Gasteiger partial charge in [0.1, 0.15) is 12.0 Å². The van der Waals surface area contributed by atoms with Crippen molar-refractivity contribution in [3.05, 3.63) is 89.0 Å². The molecule has 8 heteroatoms. The molecule has 0 saturated heterocycles. The Morgan fingerprint density at radius 2 is 1.71 bits per heavy atom. The third-order valence-corrected chi connectivity index (χ3v) is 5.98. The van der Waals surface area contributed by atoms with Crippen LogP contribution in [0.2, 0.25) is 0 Å². The Labute approximate surface area is 201 Å². The van der Waals surface area contributed by atoms with E-state index in [1.807, 2.05) is 17.0 Å². The first-order valence-electron chi connectivity index (χ1n) is 11.3. The quantitative estimate of drug-likeness (QED) is 0.511. The molecule has 0 radical (unpaired) electrons. The van der Waals surface area contributed by atoms with Gasteiger partial charge >= 0.3 is 0 Å². The summed E-state index contributed by atoms with van der Waals surface area (Å²) in [5.41, 5.74) is 3.61. The molecule has 1 aliphatic carbocycles. The molecule has 2 aliphatic rings. The fraction of sp³-hybridized carbons (Fsp3) is 0.185. The van der Waals surface area contributed by atoms with Crippen LogP contribution in [0.15, 0.2) is 66.7 Å². The first kappa shape index (κ1) is 22.3. The number of anilines is 2. The third-order valence-electron chi connectivity index (χ3n) is 5.98. The number of benzene rings is 3. The lowest BCUT2D eigenvalue weighted by Crippen LogP contribution is -2.33. The lowest BCUT2D eigenvalue weighted by Gasteiger charge is -2.24. The predicted molar refractivity (Wildman–Crippen MR) is 130 cm³/mol. The summed E-state index contributed by atoms with van der Waals surface area (Å²) in [5.74, 6) is -0.0884. The minimum atomic E-state index is -0.258. The van der Waals surface area contributed by atoms with E-state index in [1.165, 1.54) is 0 Å². The zero-order valence-electron chi connectivity index (χ0n) is 18.8. The summed E-state index contributed by atoms with van der Waals surface area (Å²) in [7, 11) is 0. The van der Waals surface area contributed by atoms with E-state index < -0.39 is 0 Å². The molecule has 0 spiro atoms. The largest absolute Gasteiger partial charge is 0.482 e. The second-order valence-corrected chi connectivity index (χ2v) is 8.60. The van der Waals surface area contributed by atoms with E-state index in [0.717, 1.165) is 24.7 Å². The Bertz CT molecular complexity index is 1300. The van der Waals surface area contributed by atoms with Crippen molar-refractivity contribution >= 4 is 35.4 Å². The van der Waals surface area contributed by atoms with Crippen molar-refractivity contribution < 1.29 is 23.9 Å². The molecule has 35 heavy (non-hydrogen) atoms. The number of fused-ring (bicyclic) bond motifs is 1. The van der Waals surface area contributed by atoms with Crippen molar-refractivity contribution in [2.45, 2.75) is 25.4 Å². The number of rotatable bonds is 7. The van der Waals surface area contributed by atoms with Crippen LogP contribution in [-0.2, 0) is 11.3 Å². The molecule has 0 atom stereocenters. The molecular formula is C27H23N3O5. The summed E-state index contributed by atoms with van der Waals surface area (Å²) in [6.45, 7) is 0.355. The molecule has 1 saturated carbocycles. The van der Waals surface area contributed by atoms with Gasteiger partial charge in [0.2, 0.25) is 0 Å². The SMILES string of the molecule is O=Cc1ccc(NC(=O)c2ccc(CN(C(=O)c3ccc4c(c3)OCC(=O)N4)C3CC3)cc2)cc1.